The van der Waals surface area contributed by atoms with Gasteiger partial charge < -0.3 is 0 Å². The molecule has 1 aliphatic carbocycles. The van der Waals surface area contributed by atoms with Crippen molar-refractivity contribution in [3.8, 4) is 0 Å². The molecule has 1 nitrogen and oxygen atoms in total. The van der Waals surface area contributed by atoms with E-state index in [4.69, 9.17) is 0 Å². The lowest BCUT2D eigenvalue weighted by Crippen LogP contribution is -2.03. The molecule has 0 radical (unpaired) electrons. The first-order chi connectivity index (χ1) is 8.16. The molecule has 1 aromatic carbocycles. The normalized spacial score (nSPS) is 15.8. The topological polar surface area (TPSA) is 17.1 Å². The van der Waals surface area contributed by atoms with E-state index < -0.39 is 17.4 Å². The zero-order valence-corrected chi connectivity index (χ0v) is 9.51. The van der Waals surface area contributed by atoms with Gasteiger partial charge in [-0.3, -0.25) is 4.79 Å². The molecule has 1 fully saturated rings. The number of carbonyl (C=O) groups excluding carboxylic acids is 1. The van der Waals surface area contributed by atoms with Crippen molar-refractivity contribution in [2.75, 3.05) is 0 Å². The number of carbonyl (C=O) groups is 1. The van der Waals surface area contributed by atoms with Crippen molar-refractivity contribution >= 4 is 5.78 Å². The van der Waals surface area contributed by atoms with E-state index in [1.807, 2.05) is 0 Å². The molecule has 0 heterocycles. The van der Waals surface area contributed by atoms with Crippen LogP contribution in [0.3, 0.4) is 0 Å². The van der Waals surface area contributed by atoms with Gasteiger partial charge in [0.2, 0.25) is 0 Å². The number of benzene rings is 1. The molecular weight excluding hydrogens is 222 g/mol. The van der Waals surface area contributed by atoms with E-state index >= 15 is 0 Å². The van der Waals surface area contributed by atoms with Crippen LogP contribution >= 0.6 is 0 Å². The van der Waals surface area contributed by atoms with E-state index in [1.54, 1.807) is 0 Å². The van der Waals surface area contributed by atoms with E-state index in [9.17, 15) is 13.6 Å². The van der Waals surface area contributed by atoms with Crippen molar-refractivity contribution in [3.63, 3.8) is 0 Å². The molecule has 0 aliphatic heterocycles. The molecule has 17 heavy (non-hydrogen) atoms. The Hall–Kier alpha value is -1.51. The molecule has 0 unspecified atom stereocenters. The molecule has 90 valence electrons. The first-order valence-electron chi connectivity index (χ1n) is 5.85. The van der Waals surface area contributed by atoms with Crippen LogP contribution < -0.4 is 0 Å². The monoisotopic (exact) mass is 236 g/mol. The number of ketones is 1. The SMILES string of the molecule is O=C(C=C1CCCCC1)c1cc(F)ccc1F. The highest BCUT2D eigenvalue weighted by Gasteiger charge is 2.13. The van der Waals surface area contributed by atoms with Gasteiger partial charge in [-0.25, -0.2) is 8.78 Å². The average Bonchev–Trinajstić information content (AvgIpc) is 2.33. The minimum absolute atomic E-state index is 0.178. The number of halogens is 2. The summed E-state index contributed by atoms with van der Waals surface area (Å²) in [6.45, 7) is 0. The van der Waals surface area contributed by atoms with Crippen LogP contribution in [0.25, 0.3) is 0 Å². The van der Waals surface area contributed by atoms with E-state index in [-0.39, 0.29) is 5.56 Å². The summed E-state index contributed by atoms with van der Waals surface area (Å²) in [6.07, 6.45) is 6.58. The highest BCUT2D eigenvalue weighted by Crippen LogP contribution is 2.23. The van der Waals surface area contributed by atoms with Gasteiger partial charge in [0.05, 0.1) is 5.56 Å². The summed E-state index contributed by atoms with van der Waals surface area (Å²) >= 11 is 0. The van der Waals surface area contributed by atoms with Crippen molar-refractivity contribution in [1.82, 2.24) is 0 Å². The van der Waals surface area contributed by atoms with Crippen molar-refractivity contribution in [3.05, 3.63) is 47.0 Å². The van der Waals surface area contributed by atoms with Crippen LogP contribution in [0, 0.1) is 11.6 Å². The van der Waals surface area contributed by atoms with Gasteiger partial charge in [0.25, 0.3) is 0 Å². The largest absolute Gasteiger partial charge is 0.289 e. The van der Waals surface area contributed by atoms with E-state index in [1.165, 1.54) is 12.5 Å². The maximum Gasteiger partial charge on any atom is 0.188 e. The minimum Gasteiger partial charge on any atom is -0.289 e. The fourth-order valence-electron chi connectivity index (χ4n) is 2.10. The molecule has 0 amide bonds. The molecule has 0 N–H and O–H groups in total. The van der Waals surface area contributed by atoms with Crippen LogP contribution in [-0.2, 0) is 0 Å². The first-order valence-corrected chi connectivity index (χ1v) is 5.85. The third-order valence-electron chi connectivity index (χ3n) is 3.02. The number of rotatable bonds is 2. The average molecular weight is 236 g/mol. The molecule has 2 rings (SSSR count). The second kappa shape index (κ2) is 5.21. The standard InChI is InChI=1S/C14H14F2O/c15-11-6-7-13(16)12(9-11)14(17)8-10-4-2-1-3-5-10/h6-9H,1-5H2. The Balaban J connectivity index is 2.21. The molecule has 0 aromatic heterocycles. The van der Waals surface area contributed by atoms with Crippen molar-refractivity contribution in [2.24, 2.45) is 0 Å². The van der Waals surface area contributed by atoms with E-state index in [0.717, 1.165) is 49.5 Å². The maximum absolute atomic E-state index is 13.4. The number of hydrogen-bond acceptors (Lipinski definition) is 1. The lowest BCUT2D eigenvalue weighted by Gasteiger charge is -2.12. The Morgan fingerprint density at radius 2 is 1.82 bits per heavy atom. The molecule has 1 saturated carbocycles. The highest BCUT2D eigenvalue weighted by atomic mass is 19.1. The fraction of sp³-hybridized carbons (Fsp3) is 0.357. The fourth-order valence-corrected chi connectivity index (χ4v) is 2.10. The third kappa shape index (κ3) is 2.99. The summed E-state index contributed by atoms with van der Waals surface area (Å²) in [7, 11) is 0. The van der Waals surface area contributed by atoms with Crippen LogP contribution in [0.4, 0.5) is 8.78 Å². The van der Waals surface area contributed by atoms with Crippen LogP contribution in [0.1, 0.15) is 42.5 Å². The Morgan fingerprint density at radius 1 is 1.12 bits per heavy atom. The van der Waals surface area contributed by atoms with Crippen LogP contribution in [0.15, 0.2) is 29.8 Å². The molecule has 1 aliphatic rings. The van der Waals surface area contributed by atoms with Gasteiger partial charge in [-0.05, 0) is 50.0 Å². The first kappa shape index (κ1) is 12.0. The van der Waals surface area contributed by atoms with Crippen molar-refractivity contribution in [1.29, 1.82) is 0 Å². The van der Waals surface area contributed by atoms with Crippen molar-refractivity contribution in [2.45, 2.75) is 32.1 Å². The Bertz CT molecular complexity index is 455. The highest BCUT2D eigenvalue weighted by molar-refractivity contribution is 6.05. The second-order valence-corrected chi connectivity index (χ2v) is 4.35. The zero-order chi connectivity index (χ0) is 12.3. The third-order valence-corrected chi connectivity index (χ3v) is 3.02. The van der Waals surface area contributed by atoms with Gasteiger partial charge >= 0.3 is 0 Å². The Labute approximate surface area is 99.1 Å². The summed E-state index contributed by atoms with van der Waals surface area (Å²) < 4.78 is 26.3. The molecular formula is C14H14F2O. The molecule has 0 bridgehead atoms. The Morgan fingerprint density at radius 3 is 2.53 bits per heavy atom. The summed E-state index contributed by atoms with van der Waals surface area (Å²) in [5, 5.41) is 0. The van der Waals surface area contributed by atoms with Gasteiger partial charge in [0, 0.05) is 0 Å². The lowest BCUT2D eigenvalue weighted by atomic mass is 9.93. The van der Waals surface area contributed by atoms with Gasteiger partial charge in [-0.2, -0.15) is 0 Å². The van der Waals surface area contributed by atoms with Crippen LogP contribution in [0.5, 0.6) is 0 Å². The van der Waals surface area contributed by atoms with Gasteiger partial charge in [0.1, 0.15) is 11.6 Å². The van der Waals surface area contributed by atoms with E-state index in [2.05, 4.69) is 0 Å². The summed E-state index contributed by atoms with van der Waals surface area (Å²) in [5.41, 5.74) is 0.869. The lowest BCUT2D eigenvalue weighted by molar-refractivity contribution is 0.104. The summed E-state index contributed by atoms with van der Waals surface area (Å²) in [4.78, 5) is 11.8. The van der Waals surface area contributed by atoms with E-state index in [0.29, 0.717) is 0 Å². The Kier molecular flexibility index (Phi) is 3.67. The smallest absolute Gasteiger partial charge is 0.188 e. The predicted molar refractivity (Wildman–Crippen MR) is 61.9 cm³/mol. The van der Waals surface area contributed by atoms with Gasteiger partial charge in [-0.1, -0.05) is 12.0 Å². The van der Waals surface area contributed by atoms with Gasteiger partial charge in [0.15, 0.2) is 5.78 Å². The van der Waals surface area contributed by atoms with Crippen LogP contribution in [0.2, 0.25) is 0 Å². The quantitative estimate of drug-likeness (QED) is 0.559. The summed E-state index contributed by atoms with van der Waals surface area (Å²) in [6, 6.07) is 2.96. The number of hydrogen-bond donors (Lipinski definition) is 0. The summed E-state index contributed by atoms with van der Waals surface area (Å²) in [5.74, 6) is -1.68. The molecule has 0 saturated heterocycles. The second-order valence-electron chi connectivity index (χ2n) is 4.35. The zero-order valence-electron chi connectivity index (χ0n) is 9.51. The molecule has 0 spiro atoms. The number of allylic oxidation sites excluding steroid dienone is 2. The molecule has 0 atom stereocenters. The van der Waals surface area contributed by atoms with Gasteiger partial charge in [-0.15, -0.1) is 0 Å². The molecule has 3 heteroatoms. The predicted octanol–water partition coefficient (Wildman–Crippen LogP) is 4.04. The van der Waals surface area contributed by atoms with Crippen molar-refractivity contribution < 1.29 is 13.6 Å². The maximum atomic E-state index is 13.4. The minimum atomic E-state index is -0.663. The molecule has 1 aromatic rings. The van der Waals surface area contributed by atoms with Crippen LogP contribution in [-0.4, -0.2) is 5.78 Å².